The van der Waals surface area contributed by atoms with Crippen molar-refractivity contribution in [3.63, 3.8) is 0 Å². The molecule has 4 heteroatoms. The molecule has 1 aromatic rings. The molecule has 0 spiro atoms. The number of carbonyl (C=O) groups excluding carboxylic acids is 1. The zero-order chi connectivity index (χ0) is 12.8. The first kappa shape index (κ1) is 13.9. The lowest BCUT2D eigenvalue weighted by Gasteiger charge is -2.25. The van der Waals surface area contributed by atoms with E-state index < -0.39 is 6.04 Å². The van der Waals surface area contributed by atoms with Gasteiger partial charge in [-0.2, -0.15) is 0 Å². The second-order valence-electron chi connectivity index (χ2n) is 3.92. The van der Waals surface area contributed by atoms with Crippen LogP contribution in [0.3, 0.4) is 0 Å². The lowest BCUT2D eigenvalue weighted by atomic mass is 10.1. The number of hydrogen-bond acceptors (Lipinski definition) is 2. The number of amides is 1. The van der Waals surface area contributed by atoms with E-state index in [1.165, 1.54) is 0 Å². The Hall–Kier alpha value is -1.13. The number of carbonyl (C=O) groups is 1. The first-order chi connectivity index (χ1) is 8.06. The number of benzene rings is 1. The molecule has 2 N–H and O–H groups in total. The molecule has 0 bridgehead atoms. The Kier molecular flexibility index (Phi) is 5.38. The Morgan fingerprint density at radius 3 is 2.88 bits per heavy atom. The summed E-state index contributed by atoms with van der Waals surface area (Å²) in [6.45, 7) is 4.43. The Bertz CT molecular complexity index is 406. The quantitative estimate of drug-likeness (QED) is 0.820. The molecule has 1 rings (SSSR count). The van der Waals surface area contributed by atoms with Gasteiger partial charge in [0.25, 0.3) is 0 Å². The molecule has 1 amide bonds. The van der Waals surface area contributed by atoms with Crippen molar-refractivity contribution in [2.45, 2.75) is 12.5 Å². The predicted molar refractivity (Wildman–Crippen MR) is 73.5 cm³/mol. The molecular weight excluding hydrogens is 280 g/mol. The van der Waals surface area contributed by atoms with Crippen molar-refractivity contribution >= 4 is 21.8 Å². The molecule has 0 aliphatic carbocycles. The van der Waals surface area contributed by atoms with E-state index in [4.69, 9.17) is 5.73 Å². The van der Waals surface area contributed by atoms with Crippen LogP contribution >= 0.6 is 15.9 Å². The van der Waals surface area contributed by atoms with Crippen molar-refractivity contribution in [3.8, 4) is 0 Å². The van der Waals surface area contributed by atoms with E-state index in [1.54, 1.807) is 0 Å². The fourth-order valence-electron chi connectivity index (χ4n) is 1.74. The SMILES string of the molecule is C=CCCN(C)[C@H](C(N)=O)c1cccc(Br)c1. The number of likely N-dealkylation sites (N-methyl/N-ethyl adjacent to an activating group) is 1. The van der Waals surface area contributed by atoms with Gasteiger partial charge in [0.1, 0.15) is 6.04 Å². The summed E-state index contributed by atoms with van der Waals surface area (Å²) in [6, 6.07) is 7.25. The Morgan fingerprint density at radius 1 is 1.65 bits per heavy atom. The van der Waals surface area contributed by atoms with E-state index in [2.05, 4.69) is 22.5 Å². The number of nitrogens with two attached hydrogens (primary N) is 1. The van der Waals surface area contributed by atoms with Crippen LogP contribution in [-0.2, 0) is 4.79 Å². The minimum atomic E-state index is -0.396. The number of rotatable bonds is 6. The predicted octanol–water partition coefficient (Wildman–Crippen LogP) is 2.48. The smallest absolute Gasteiger partial charge is 0.239 e. The minimum Gasteiger partial charge on any atom is -0.368 e. The molecule has 0 fully saturated rings. The molecule has 0 aliphatic rings. The highest BCUT2D eigenvalue weighted by atomic mass is 79.9. The standard InChI is InChI=1S/C13H17BrN2O/c1-3-4-8-16(2)12(13(15)17)10-6-5-7-11(14)9-10/h3,5-7,9,12H,1,4,8H2,2H3,(H2,15,17)/t12-/m0/s1. The van der Waals surface area contributed by atoms with Gasteiger partial charge in [-0.1, -0.05) is 34.1 Å². The topological polar surface area (TPSA) is 46.3 Å². The molecule has 0 aromatic heterocycles. The number of primary amides is 1. The first-order valence-corrected chi connectivity index (χ1v) is 6.21. The second kappa shape index (κ2) is 6.57. The molecule has 0 heterocycles. The van der Waals surface area contributed by atoms with E-state index >= 15 is 0 Å². The van der Waals surface area contributed by atoms with Gasteiger partial charge >= 0.3 is 0 Å². The highest BCUT2D eigenvalue weighted by molar-refractivity contribution is 9.10. The van der Waals surface area contributed by atoms with Gasteiger partial charge in [0, 0.05) is 11.0 Å². The van der Waals surface area contributed by atoms with E-state index in [-0.39, 0.29) is 5.91 Å². The van der Waals surface area contributed by atoms with Gasteiger partial charge in [-0.15, -0.1) is 6.58 Å². The average Bonchev–Trinajstić information content (AvgIpc) is 2.26. The lowest BCUT2D eigenvalue weighted by Crippen LogP contribution is -2.35. The largest absolute Gasteiger partial charge is 0.368 e. The molecule has 0 saturated heterocycles. The molecule has 0 radical (unpaired) electrons. The first-order valence-electron chi connectivity index (χ1n) is 5.42. The number of nitrogens with zero attached hydrogens (tertiary/aromatic N) is 1. The third kappa shape index (κ3) is 3.98. The second-order valence-corrected chi connectivity index (χ2v) is 4.83. The normalized spacial score (nSPS) is 12.4. The molecule has 0 aliphatic heterocycles. The number of halogens is 1. The Balaban J connectivity index is 2.92. The van der Waals surface area contributed by atoms with Crippen LogP contribution in [0.5, 0.6) is 0 Å². The Labute approximate surface area is 110 Å². The minimum absolute atomic E-state index is 0.338. The zero-order valence-electron chi connectivity index (χ0n) is 9.90. The van der Waals surface area contributed by atoms with Gasteiger partial charge in [0.15, 0.2) is 0 Å². The molecule has 17 heavy (non-hydrogen) atoms. The maximum Gasteiger partial charge on any atom is 0.239 e. The summed E-state index contributed by atoms with van der Waals surface area (Å²) >= 11 is 3.39. The highest BCUT2D eigenvalue weighted by Gasteiger charge is 2.22. The third-order valence-corrected chi connectivity index (χ3v) is 3.05. The maximum atomic E-state index is 11.6. The summed E-state index contributed by atoms with van der Waals surface area (Å²) in [4.78, 5) is 13.5. The van der Waals surface area contributed by atoms with E-state index in [9.17, 15) is 4.79 Å². The third-order valence-electron chi connectivity index (χ3n) is 2.56. The summed E-state index contributed by atoms with van der Waals surface area (Å²) in [5, 5.41) is 0. The summed E-state index contributed by atoms with van der Waals surface area (Å²) in [7, 11) is 1.89. The van der Waals surface area contributed by atoms with Crippen molar-refractivity contribution in [1.82, 2.24) is 4.90 Å². The van der Waals surface area contributed by atoms with Crippen molar-refractivity contribution in [2.75, 3.05) is 13.6 Å². The maximum absolute atomic E-state index is 11.6. The monoisotopic (exact) mass is 296 g/mol. The zero-order valence-corrected chi connectivity index (χ0v) is 11.5. The number of hydrogen-bond donors (Lipinski definition) is 1. The van der Waals surface area contributed by atoms with Gasteiger partial charge in [0.05, 0.1) is 0 Å². The summed E-state index contributed by atoms with van der Waals surface area (Å²) in [6.07, 6.45) is 2.66. The molecule has 3 nitrogen and oxygen atoms in total. The van der Waals surface area contributed by atoms with Gasteiger partial charge in [0.2, 0.25) is 5.91 Å². The molecule has 92 valence electrons. The summed E-state index contributed by atoms with van der Waals surface area (Å²) in [5.74, 6) is -0.338. The van der Waals surface area contributed by atoms with Crippen LogP contribution in [0.1, 0.15) is 18.0 Å². The van der Waals surface area contributed by atoms with Crippen LogP contribution in [-0.4, -0.2) is 24.4 Å². The highest BCUT2D eigenvalue weighted by Crippen LogP contribution is 2.22. The fourth-order valence-corrected chi connectivity index (χ4v) is 2.15. The van der Waals surface area contributed by atoms with Crippen LogP contribution in [0, 0.1) is 0 Å². The van der Waals surface area contributed by atoms with Gasteiger partial charge < -0.3 is 5.73 Å². The van der Waals surface area contributed by atoms with Crippen LogP contribution in [0.2, 0.25) is 0 Å². The van der Waals surface area contributed by atoms with Crippen LogP contribution < -0.4 is 5.73 Å². The van der Waals surface area contributed by atoms with Crippen LogP contribution in [0.4, 0.5) is 0 Å². The average molecular weight is 297 g/mol. The van der Waals surface area contributed by atoms with Gasteiger partial charge in [-0.05, 0) is 31.2 Å². The van der Waals surface area contributed by atoms with Crippen molar-refractivity contribution in [2.24, 2.45) is 5.73 Å². The molecule has 0 unspecified atom stereocenters. The van der Waals surface area contributed by atoms with Crippen molar-refractivity contribution < 1.29 is 4.79 Å². The fraction of sp³-hybridized carbons (Fsp3) is 0.308. The lowest BCUT2D eigenvalue weighted by molar-refractivity contribution is -0.123. The van der Waals surface area contributed by atoms with E-state index in [0.29, 0.717) is 0 Å². The molecule has 1 atom stereocenters. The van der Waals surface area contributed by atoms with E-state index in [1.807, 2.05) is 42.3 Å². The Morgan fingerprint density at radius 2 is 2.35 bits per heavy atom. The molecule has 0 saturated carbocycles. The summed E-state index contributed by atoms with van der Waals surface area (Å²) in [5.41, 5.74) is 6.37. The van der Waals surface area contributed by atoms with E-state index in [0.717, 1.165) is 23.0 Å². The summed E-state index contributed by atoms with van der Waals surface area (Å²) < 4.78 is 0.943. The van der Waals surface area contributed by atoms with Crippen LogP contribution in [0.25, 0.3) is 0 Å². The molecular formula is C13H17BrN2O. The van der Waals surface area contributed by atoms with Gasteiger partial charge in [-0.25, -0.2) is 0 Å². The van der Waals surface area contributed by atoms with Crippen molar-refractivity contribution in [3.05, 3.63) is 47.0 Å². The van der Waals surface area contributed by atoms with Crippen molar-refractivity contribution in [1.29, 1.82) is 0 Å². The molecule has 1 aromatic carbocycles. The van der Waals surface area contributed by atoms with Gasteiger partial charge in [-0.3, -0.25) is 9.69 Å². The van der Waals surface area contributed by atoms with Crippen LogP contribution in [0.15, 0.2) is 41.4 Å².